The van der Waals surface area contributed by atoms with Gasteiger partial charge in [-0.15, -0.1) is 0 Å². The third-order valence-corrected chi connectivity index (χ3v) is 5.21. The number of aromatic hydroxyl groups is 1. The van der Waals surface area contributed by atoms with E-state index in [1.165, 1.54) is 0 Å². The van der Waals surface area contributed by atoms with Gasteiger partial charge in [0.2, 0.25) is 0 Å². The quantitative estimate of drug-likeness (QED) is 0.634. The summed E-state index contributed by atoms with van der Waals surface area (Å²) in [5.74, 6) is -0.111. The summed E-state index contributed by atoms with van der Waals surface area (Å²) < 4.78 is 6.14. The van der Waals surface area contributed by atoms with Crippen LogP contribution >= 0.6 is 15.9 Å². The van der Waals surface area contributed by atoms with Crippen LogP contribution in [0.25, 0.3) is 11.0 Å². The van der Waals surface area contributed by atoms with E-state index in [4.69, 9.17) is 4.42 Å². The number of halogens is 1. The molecule has 0 bridgehead atoms. The number of piperazine rings is 1. The summed E-state index contributed by atoms with van der Waals surface area (Å²) in [6.45, 7) is 2.08. The van der Waals surface area contributed by atoms with Crippen molar-refractivity contribution in [2.24, 2.45) is 0 Å². The number of phenolic OH excluding ortho intramolecular Hbond substituents is 1. The van der Waals surface area contributed by atoms with Crippen molar-refractivity contribution in [2.45, 2.75) is 0 Å². The van der Waals surface area contributed by atoms with E-state index < -0.39 is 5.63 Å². The zero-order valence-electron chi connectivity index (χ0n) is 14.4. The van der Waals surface area contributed by atoms with Crippen LogP contribution in [0.3, 0.4) is 0 Å². The number of hydrogen-bond acceptors (Lipinski definition) is 5. The number of carbonyl (C=O) groups is 1. The molecule has 1 aliphatic heterocycles. The molecule has 7 heteroatoms. The molecule has 1 amide bonds. The first-order valence-electron chi connectivity index (χ1n) is 8.58. The first kappa shape index (κ1) is 17.6. The highest BCUT2D eigenvalue weighted by molar-refractivity contribution is 9.10. The van der Waals surface area contributed by atoms with Gasteiger partial charge in [-0.2, -0.15) is 0 Å². The fourth-order valence-corrected chi connectivity index (χ4v) is 3.67. The molecule has 138 valence electrons. The number of phenols is 1. The van der Waals surface area contributed by atoms with Crippen LogP contribution in [0.5, 0.6) is 5.75 Å². The molecule has 0 aliphatic carbocycles. The van der Waals surface area contributed by atoms with E-state index in [0.29, 0.717) is 37.1 Å². The Bertz CT molecular complexity index is 1070. The van der Waals surface area contributed by atoms with Gasteiger partial charge in [-0.3, -0.25) is 4.79 Å². The monoisotopic (exact) mass is 428 g/mol. The van der Waals surface area contributed by atoms with Gasteiger partial charge in [0, 0.05) is 36.0 Å². The minimum atomic E-state index is -0.627. The summed E-state index contributed by atoms with van der Waals surface area (Å²) in [7, 11) is 0. The third kappa shape index (κ3) is 3.42. The first-order valence-corrected chi connectivity index (χ1v) is 9.38. The topological polar surface area (TPSA) is 74.0 Å². The number of anilines is 1. The SMILES string of the molecule is O=C(c1cc2cc(Br)ccc2oc1=O)N1CCN(c2ccccc2O)CC1. The Labute approximate surface area is 163 Å². The van der Waals surface area contributed by atoms with E-state index in [2.05, 4.69) is 15.9 Å². The Hall–Kier alpha value is -2.80. The van der Waals surface area contributed by atoms with E-state index in [1.807, 2.05) is 23.1 Å². The summed E-state index contributed by atoms with van der Waals surface area (Å²) in [5, 5.41) is 10.7. The highest BCUT2D eigenvalue weighted by Gasteiger charge is 2.25. The molecule has 2 heterocycles. The summed E-state index contributed by atoms with van der Waals surface area (Å²) in [6, 6.07) is 14.0. The molecule has 3 aromatic rings. The normalized spacial score (nSPS) is 14.6. The molecule has 0 spiro atoms. The van der Waals surface area contributed by atoms with Crippen molar-refractivity contribution in [1.29, 1.82) is 0 Å². The molecule has 1 saturated heterocycles. The maximum absolute atomic E-state index is 12.8. The minimum absolute atomic E-state index is 0.0385. The van der Waals surface area contributed by atoms with Gasteiger partial charge in [0.1, 0.15) is 16.9 Å². The van der Waals surface area contributed by atoms with E-state index in [0.717, 1.165) is 10.2 Å². The Morgan fingerprint density at radius 2 is 1.78 bits per heavy atom. The smallest absolute Gasteiger partial charge is 0.349 e. The van der Waals surface area contributed by atoms with Gasteiger partial charge in [0.15, 0.2) is 0 Å². The predicted molar refractivity (Wildman–Crippen MR) is 106 cm³/mol. The van der Waals surface area contributed by atoms with E-state index >= 15 is 0 Å². The first-order chi connectivity index (χ1) is 13.0. The molecule has 1 aromatic heterocycles. The second-order valence-corrected chi connectivity index (χ2v) is 7.31. The second-order valence-electron chi connectivity index (χ2n) is 6.40. The standard InChI is InChI=1S/C20H17BrN2O4/c21-14-5-6-18-13(11-14)12-15(20(26)27-18)19(25)23-9-7-22(8-10-23)16-3-1-2-4-17(16)24/h1-6,11-12,24H,7-10H2. The molecular weight excluding hydrogens is 412 g/mol. The molecule has 0 radical (unpaired) electrons. The van der Waals surface area contributed by atoms with Crippen molar-refractivity contribution in [2.75, 3.05) is 31.1 Å². The van der Waals surface area contributed by atoms with Crippen LogP contribution in [0.1, 0.15) is 10.4 Å². The van der Waals surface area contributed by atoms with Crippen LogP contribution in [-0.2, 0) is 0 Å². The van der Waals surface area contributed by atoms with Gasteiger partial charge in [-0.1, -0.05) is 28.1 Å². The number of carbonyl (C=O) groups excluding carboxylic acids is 1. The van der Waals surface area contributed by atoms with Crippen molar-refractivity contribution in [3.8, 4) is 5.75 Å². The summed E-state index contributed by atoms with van der Waals surface area (Å²) in [4.78, 5) is 28.8. The zero-order chi connectivity index (χ0) is 19.0. The van der Waals surface area contributed by atoms with Crippen LogP contribution in [-0.4, -0.2) is 42.1 Å². The van der Waals surface area contributed by atoms with Crippen LogP contribution in [0, 0.1) is 0 Å². The molecule has 2 aromatic carbocycles. The zero-order valence-corrected chi connectivity index (χ0v) is 16.0. The molecule has 1 fully saturated rings. The number of hydrogen-bond donors (Lipinski definition) is 1. The van der Waals surface area contributed by atoms with Gasteiger partial charge in [-0.25, -0.2) is 4.79 Å². The Balaban J connectivity index is 1.54. The maximum Gasteiger partial charge on any atom is 0.349 e. The average molecular weight is 429 g/mol. The molecule has 4 rings (SSSR count). The Morgan fingerprint density at radius 1 is 1.04 bits per heavy atom. The molecule has 1 N–H and O–H groups in total. The predicted octanol–water partition coefficient (Wildman–Crippen LogP) is 3.22. The summed E-state index contributed by atoms with van der Waals surface area (Å²) in [5.41, 5.74) is 0.610. The Kier molecular flexibility index (Phi) is 4.61. The molecule has 0 saturated carbocycles. The van der Waals surface area contributed by atoms with Gasteiger partial charge in [-0.05, 0) is 36.4 Å². The molecular formula is C20H17BrN2O4. The average Bonchev–Trinajstić information content (AvgIpc) is 2.68. The van der Waals surface area contributed by atoms with Crippen molar-refractivity contribution in [3.05, 3.63) is 69.0 Å². The van der Waals surface area contributed by atoms with Crippen molar-refractivity contribution < 1.29 is 14.3 Å². The maximum atomic E-state index is 12.8. The lowest BCUT2D eigenvalue weighted by Gasteiger charge is -2.36. The highest BCUT2D eigenvalue weighted by atomic mass is 79.9. The fraction of sp³-hybridized carbons (Fsp3) is 0.200. The Morgan fingerprint density at radius 3 is 2.52 bits per heavy atom. The summed E-state index contributed by atoms with van der Waals surface area (Å²) in [6.07, 6.45) is 0. The third-order valence-electron chi connectivity index (χ3n) is 4.71. The van der Waals surface area contributed by atoms with Crippen LogP contribution < -0.4 is 10.5 Å². The van der Waals surface area contributed by atoms with E-state index in [9.17, 15) is 14.7 Å². The summed E-state index contributed by atoms with van der Waals surface area (Å²) >= 11 is 3.38. The number of fused-ring (bicyclic) bond motifs is 1. The number of para-hydroxylation sites is 2. The molecule has 0 atom stereocenters. The fourth-order valence-electron chi connectivity index (χ4n) is 3.30. The highest BCUT2D eigenvalue weighted by Crippen LogP contribution is 2.27. The number of amides is 1. The minimum Gasteiger partial charge on any atom is -0.506 e. The molecule has 6 nitrogen and oxygen atoms in total. The number of nitrogens with zero attached hydrogens (tertiary/aromatic N) is 2. The molecule has 1 aliphatic rings. The van der Waals surface area contributed by atoms with Crippen LogP contribution in [0.2, 0.25) is 0 Å². The van der Waals surface area contributed by atoms with Crippen molar-refractivity contribution in [3.63, 3.8) is 0 Å². The van der Waals surface area contributed by atoms with Gasteiger partial charge >= 0.3 is 5.63 Å². The van der Waals surface area contributed by atoms with Gasteiger partial charge in [0.25, 0.3) is 5.91 Å². The lowest BCUT2D eigenvalue weighted by atomic mass is 10.1. The molecule has 0 unspecified atom stereocenters. The van der Waals surface area contributed by atoms with Crippen molar-refractivity contribution >= 4 is 38.5 Å². The molecule has 27 heavy (non-hydrogen) atoms. The van der Waals surface area contributed by atoms with E-state index in [1.54, 1.807) is 35.2 Å². The van der Waals surface area contributed by atoms with Gasteiger partial charge < -0.3 is 19.3 Å². The van der Waals surface area contributed by atoms with Crippen LogP contribution in [0.4, 0.5) is 5.69 Å². The lowest BCUT2D eigenvalue weighted by Crippen LogP contribution is -2.49. The van der Waals surface area contributed by atoms with Crippen LogP contribution in [0.15, 0.2) is 62.2 Å². The largest absolute Gasteiger partial charge is 0.506 e. The van der Waals surface area contributed by atoms with E-state index in [-0.39, 0.29) is 17.2 Å². The lowest BCUT2D eigenvalue weighted by molar-refractivity contribution is 0.0742. The van der Waals surface area contributed by atoms with Gasteiger partial charge in [0.05, 0.1) is 5.69 Å². The van der Waals surface area contributed by atoms with Crippen molar-refractivity contribution in [1.82, 2.24) is 4.90 Å². The second kappa shape index (κ2) is 7.08. The number of benzene rings is 2. The number of rotatable bonds is 2.